The first-order chi connectivity index (χ1) is 15.6. The average Bonchev–Trinajstić information content (AvgIpc) is 2.86. The van der Waals surface area contributed by atoms with Crippen LogP contribution in [0.3, 0.4) is 0 Å². The zero-order chi connectivity index (χ0) is 22.2. The number of para-hydroxylation sites is 4. The van der Waals surface area contributed by atoms with E-state index < -0.39 is 0 Å². The number of fused-ring (bicyclic) bond motifs is 4. The van der Waals surface area contributed by atoms with Crippen LogP contribution >= 0.6 is 0 Å². The normalized spacial score (nSPS) is 11.8. The van der Waals surface area contributed by atoms with Gasteiger partial charge in [-0.25, -0.2) is 0 Å². The summed E-state index contributed by atoms with van der Waals surface area (Å²) in [7, 11) is 4.23. The standard InChI is InChI=1S/C15H14N.C15H13N.H2O/c2*1-11-12-7-3-5-9-14(12)16(2)15-10-6-4-8-13(11)15;/h3-10H,1-2H3;3-10H,1H2,2H3;1H2/q+1;;. The molecule has 0 saturated carbocycles. The second-order valence-corrected chi connectivity index (χ2v) is 8.29. The van der Waals surface area contributed by atoms with Gasteiger partial charge in [-0.1, -0.05) is 67.2 Å². The lowest BCUT2D eigenvalue weighted by Crippen LogP contribution is -2.30. The molecule has 0 saturated heterocycles. The predicted molar refractivity (Wildman–Crippen MR) is 139 cm³/mol. The molecule has 4 aromatic carbocycles. The third kappa shape index (κ3) is 3.67. The number of benzene rings is 4. The Bertz CT molecular complexity index is 1330. The van der Waals surface area contributed by atoms with E-state index in [1.54, 1.807) is 0 Å². The van der Waals surface area contributed by atoms with Gasteiger partial charge in [-0.05, 0) is 42.3 Å². The van der Waals surface area contributed by atoms with Crippen molar-refractivity contribution in [1.82, 2.24) is 0 Å². The maximum absolute atomic E-state index is 4.20. The van der Waals surface area contributed by atoms with Crippen molar-refractivity contribution in [2.45, 2.75) is 6.92 Å². The summed E-state index contributed by atoms with van der Waals surface area (Å²) in [5.41, 5.74) is 9.97. The van der Waals surface area contributed by atoms with E-state index in [1.807, 2.05) is 0 Å². The van der Waals surface area contributed by atoms with Crippen LogP contribution in [0.15, 0.2) is 104 Å². The summed E-state index contributed by atoms with van der Waals surface area (Å²) in [6.07, 6.45) is 0. The highest BCUT2D eigenvalue weighted by molar-refractivity contribution is 5.96. The van der Waals surface area contributed by atoms with Crippen LogP contribution in [0.4, 0.5) is 11.4 Å². The molecule has 1 aliphatic rings. The fourth-order valence-electron chi connectivity index (χ4n) is 4.76. The van der Waals surface area contributed by atoms with E-state index in [1.165, 1.54) is 49.9 Å². The molecule has 164 valence electrons. The van der Waals surface area contributed by atoms with Gasteiger partial charge in [0.2, 0.25) is 11.0 Å². The number of anilines is 2. The van der Waals surface area contributed by atoms with Gasteiger partial charge in [0.1, 0.15) is 7.05 Å². The molecule has 0 amide bonds. The lowest BCUT2D eigenvalue weighted by molar-refractivity contribution is -0.617. The van der Waals surface area contributed by atoms with Crippen LogP contribution in [-0.4, -0.2) is 12.5 Å². The molecular formula is C30H29N2O+. The molecule has 1 N–H and O–H groups in total. The Morgan fingerprint density at radius 1 is 0.667 bits per heavy atom. The van der Waals surface area contributed by atoms with Crippen LogP contribution in [0.1, 0.15) is 18.1 Å². The Kier molecular flexibility index (Phi) is 5.99. The van der Waals surface area contributed by atoms with Crippen molar-refractivity contribution in [1.29, 1.82) is 0 Å². The minimum absolute atomic E-state index is 0. The maximum Gasteiger partial charge on any atom is 1.00 e. The topological polar surface area (TPSA) is 37.1 Å². The predicted octanol–water partition coefficient (Wildman–Crippen LogP) is 6.89. The van der Waals surface area contributed by atoms with Gasteiger partial charge in [-0.3, -0.25) is 0 Å². The van der Waals surface area contributed by atoms with Crippen molar-refractivity contribution in [2.75, 3.05) is 11.9 Å². The van der Waals surface area contributed by atoms with Gasteiger partial charge < -0.3 is 10.4 Å². The van der Waals surface area contributed by atoms with Crippen LogP contribution in [0.2, 0.25) is 0 Å². The molecule has 0 bridgehead atoms. The molecule has 5 aromatic rings. The smallest absolute Gasteiger partial charge is 0.870 e. The molecule has 1 aliphatic heterocycles. The summed E-state index contributed by atoms with van der Waals surface area (Å²) in [6.45, 7) is 6.40. The van der Waals surface area contributed by atoms with Gasteiger partial charge in [0, 0.05) is 52.5 Å². The second kappa shape index (κ2) is 8.89. The molecule has 1 aromatic heterocycles. The molecule has 0 unspecified atom stereocenters. The van der Waals surface area contributed by atoms with Gasteiger partial charge in [-0.2, -0.15) is 4.57 Å². The number of pyridine rings is 1. The van der Waals surface area contributed by atoms with Gasteiger partial charge >= 0.3 is 1.43 Å². The van der Waals surface area contributed by atoms with Crippen molar-refractivity contribution in [3.63, 3.8) is 0 Å². The first kappa shape index (κ1) is 22.3. The molecular weight excluding hydrogens is 404 g/mol. The van der Waals surface area contributed by atoms with Crippen LogP contribution < -0.4 is 9.47 Å². The zero-order valence-corrected chi connectivity index (χ0v) is 19.3. The summed E-state index contributed by atoms with van der Waals surface area (Å²) in [4.78, 5) is 2.22. The SMILES string of the molecule is C=C1c2ccccc2N(C)c2ccccc21.Cc1c2ccccc2[n+](C)c2ccccc12.[H+].[OH-]. The van der Waals surface area contributed by atoms with Gasteiger partial charge in [0.05, 0.1) is 0 Å². The molecule has 0 fully saturated rings. The first-order valence-electron chi connectivity index (χ1n) is 11.0. The van der Waals surface area contributed by atoms with Crippen molar-refractivity contribution < 1.29 is 11.5 Å². The zero-order valence-electron chi connectivity index (χ0n) is 20.3. The summed E-state index contributed by atoms with van der Waals surface area (Å²) >= 11 is 0. The molecule has 3 nitrogen and oxygen atoms in total. The van der Waals surface area contributed by atoms with Gasteiger partial charge in [0.25, 0.3) is 0 Å². The highest BCUT2D eigenvalue weighted by atomic mass is 16.0. The van der Waals surface area contributed by atoms with Crippen LogP contribution in [0, 0.1) is 6.92 Å². The Morgan fingerprint density at radius 3 is 1.55 bits per heavy atom. The molecule has 33 heavy (non-hydrogen) atoms. The number of rotatable bonds is 0. The van der Waals surface area contributed by atoms with E-state index in [0.717, 1.165) is 5.57 Å². The minimum Gasteiger partial charge on any atom is -0.870 e. The second-order valence-electron chi connectivity index (χ2n) is 8.29. The van der Waals surface area contributed by atoms with E-state index in [-0.39, 0.29) is 6.90 Å². The van der Waals surface area contributed by atoms with Crippen LogP contribution in [-0.2, 0) is 7.05 Å². The van der Waals surface area contributed by atoms with Crippen molar-refractivity contribution in [2.24, 2.45) is 7.05 Å². The fourth-order valence-corrected chi connectivity index (χ4v) is 4.76. The quantitative estimate of drug-likeness (QED) is 0.197. The van der Waals surface area contributed by atoms with Crippen molar-refractivity contribution in [3.05, 3.63) is 120 Å². The highest BCUT2D eigenvalue weighted by Crippen LogP contribution is 2.42. The number of aromatic nitrogens is 1. The van der Waals surface area contributed by atoms with E-state index in [0.29, 0.717) is 0 Å². The van der Waals surface area contributed by atoms with Crippen molar-refractivity contribution in [3.8, 4) is 0 Å². The van der Waals surface area contributed by atoms with E-state index in [4.69, 9.17) is 0 Å². The largest absolute Gasteiger partial charge is 1.00 e. The van der Waals surface area contributed by atoms with Gasteiger partial charge in [0.15, 0.2) is 0 Å². The number of aryl methyl sites for hydroxylation is 2. The minimum atomic E-state index is 0. The number of hydrogen-bond acceptors (Lipinski definition) is 2. The summed E-state index contributed by atoms with van der Waals surface area (Å²) < 4.78 is 2.26. The van der Waals surface area contributed by atoms with E-state index in [9.17, 15) is 0 Å². The molecule has 0 atom stereocenters. The molecule has 6 rings (SSSR count). The number of nitrogens with zero attached hydrogens (tertiary/aromatic N) is 2. The lowest BCUT2D eigenvalue weighted by atomic mass is 9.92. The first-order valence-corrected chi connectivity index (χ1v) is 11.0. The third-order valence-electron chi connectivity index (χ3n) is 6.52. The Labute approximate surface area is 196 Å². The van der Waals surface area contributed by atoms with Crippen LogP contribution in [0.25, 0.3) is 27.4 Å². The highest BCUT2D eigenvalue weighted by Gasteiger charge is 2.21. The van der Waals surface area contributed by atoms with Crippen LogP contribution in [0.5, 0.6) is 0 Å². The molecule has 0 spiro atoms. The van der Waals surface area contributed by atoms with E-state index in [2.05, 4.69) is 134 Å². The molecule has 0 aliphatic carbocycles. The third-order valence-corrected chi connectivity index (χ3v) is 6.52. The number of hydrogen-bond donors (Lipinski definition) is 0. The lowest BCUT2D eigenvalue weighted by Gasteiger charge is -2.31. The Hall–Kier alpha value is -3.95. The van der Waals surface area contributed by atoms with E-state index >= 15 is 0 Å². The Balaban J connectivity index is 0.000000180. The fraction of sp³-hybridized carbons (Fsp3) is 0.100. The monoisotopic (exact) mass is 433 g/mol. The molecule has 0 radical (unpaired) electrons. The molecule has 3 heteroatoms. The summed E-state index contributed by atoms with van der Waals surface area (Å²) in [6, 6.07) is 33.9. The summed E-state index contributed by atoms with van der Waals surface area (Å²) in [5.74, 6) is 0. The van der Waals surface area contributed by atoms with Gasteiger partial charge in [-0.15, -0.1) is 0 Å². The van der Waals surface area contributed by atoms with Crippen molar-refractivity contribution >= 4 is 38.8 Å². The molecule has 2 heterocycles. The summed E-state index contributed by atoms with van der Waals surface area (Å²) in [5, 5.41) is 2.67. The Morgan fingerprint density at radius 2 is 1.06 bits per heavy atom. The maximum atomic E-state index is 4.20. The average molecular weight is 434 g/mol.